The lowest BCUT2D eigenvalue weighted by Crippen LogP contribution is -2.51. The summed E-state index contributed by atoms with van der Waals surface area (Å²) < 4.78 is 11.9. The van der Waals surface area contributed by atoms with Crippen LogP contribution in [0.2, 0.25) is 10.0 Å². The summed E-state index contributed by atoms with van der Waals surface area (Å²) in [4.78, 5) is 25.4. The summed E-state index contributed by atoms with van der Waals surface area (Å²) in [6.07, 6.45) is 5.17. The number of likely N-dealkylation sites (tertiary alicyclic amines) is 1. The molecule has 0 aromatic heterocycles. The molecule has 2 saturated heterocycles. The Balaban J connectivity index is 1.09. The third kappa shape index (κ3) is 6.16. The second kappa shape index (κ2) is 13.8. The van der Waals surface area contributed by atoms with Crippen molar-refractivity contribution in [2.24, 2.45) is 5.92 Å². The Morgan fingerprint density at radius 3 is 1.96 bits per heavy atom. The van der Waals surface area contributed by atoms with Gasteiger partial charge in [0.25, 0.3) is 0 Å². The van der Waals surface area contributed by atoms with Gasteiger partial charge in [0.05, 0.1) is 30.2 Å². The van der Waals surface area contributed by atoms with Gasteiger partial charge in [-0.1, -0.05) is 71.7 Å². The predicted molar refractivity (Wildman–Crippen MR) is 200 cm³/mol. The summed E-state index contributed by atoms with van der Waals surface area (Å²) in [6, 6.07) is 21.2. The molecule has 2 aliphatic carbocycles. The van der Waals surface area contributed by atoms with Crippen molar-refractivity contribution in [3.63, 3.8) is 0 Å². The Kier molecular flexibility index (Phi) is 9.21. The zero-order valence-electron chi connectivity index (χ0n) is 28.7. The van der Waals surface area contributed by atoms with E-state index in [4.69, 9.17) is 32.7 Å². The Hall–Kier alpha value is -4.08. The number of fused-ring (bicyclic) bond motifs is 2. The number of hydrogen-bond donors (Lipinski definition) is 3. The smallest absolute Gasteiger partial charge is 0.309 e. The maximum absolute atomic E-state index is 11.7. The number of carbonyl (C=O) groups is 2. The normalized spacial score (nSPS) is 21.3. The monoisotopic (exact) mass is 725 g/mol. The van der Waals surface area contributed by atoms with E-state index in [1.807, 2.05) is 36.4 Å². The molecule has 0 spiro atoms. The lowest BCUT2D eigenvalue weighted by molar-refractivity contribution is -0.148. The summed E-state index contributed by atoms with van der Waals surface area (Å²) in [5, 5.41) is 17.4. The standard InChI is InChI=1S/C41H41Cl2N3O5/c1-50-34-17-24(15-22-9-12-32(37(22)34)44-19-27-11-14-36(47)45-27)28-5-3-7-30(39(28)42)31-8-4-6-29(40(31)43)25-16-23-10-13-33(38(23)35(18-25)51-2)46-20-26(21-46)41(48)49/h3-8,15-18,26-27,32-33,44H,9-14,19-21H2,1-2H3,(H,45,47)(H,48,49)/t27-,32+,33?/m0/s1. The molecule has 51 heavy (non-hydrogen) atoms. The van der Waals surface area contributed by atoms with E-state index in [1.54, 1.807) is 14.2 Å². The number of aliphatic carboxylic acids is 1. The predicted octanol–water partition coefficient (Wildman–Crippen LogP) is 7.87. The van der Waals surface area contributed by atoms with Gasteiger partial charge in [-0.05, 0) is 66.5 Å². The van der Waals surface area contributed by atoms with Crippen molar-refractivity contribution in [2.45, 2.75) is 56.7 Å². The fourth-order valence-electron chi connectivity index (χ4n) is 8.62. The van der Waals surface area contributed by atoms with Crippen molar-refractivity contribution in [3.8, 4) is 44.9 Å². The minimum atomic E-state index is -0.728. The molecule has 8 nitrogen and oxygen atoms in total. The van der Waals surface area contributed by atoms with Crippen molar-refractivity contribution < 1.29 is 24.2 Å². The van der Waals surface area contributed by atoms with Gasteiger partial charge in [-0.3, -0.25) is 14.5 Å². The average Bonchev–Trinajstić information content (AvgIpc) is 3.84. The highest BCUT2D eigenvalue weighted by Crippen LogP contribution is 2.49. The van der Waals surface area contributed by atoms with Crippen LogP contribution in [-0.4, -0.2) is 61.8 Å². The third-order valence-corrected chi connectivity index (χ3v) is 12.1. The van der Waals surface area contributed by atoms with E-state index in [-0.39, 0.29) is 30.0 Å². The number of methoxy groups -OCH3 is 2. The van der Waals surface area contributed by atoms with Gasteiger partial charge in [-0.15, -0.1) is 0 Å². The van der Waals surface area contributed by atoms with Gasteiger partial charge in [-0.2, -0.15) is 0 Å². The number of hydrogen-bond acceptors (Lipinski definition) is 6. The first-order valence-electron chi connectivity index (χ1n) is 17.7. The molecule has 3 N–H and O–H groups in total. The lowest BCUT2D eigenvalue weighted by atomic mass is 9.92. The van der Waals surface area contributed by atoms with Gasteiger partial charge in [0.2, 0.25) is 5.91 Å². The van der Waals surface area contributed by atoms with Crippen molar-refractivity contribution in [2.75, 3.05) is 33.9 Å². The maximum atomic E-state index is 11.7. The van der Waals surface area contributed by atoms with Crippen LogP contribution in [-0.2, 0) is 22.4 Å². The molecular weight excluding hydrogens is 685 g/mol. The highest BCUT2D eigenvalue weighted by Gasteiger charge is 2.41. The number of carboxylic acid groups (broad SMARTS) is 1. The Morgan fingerprint density at radius 2 is 1.39 bits per heavy atom. The van der Waals surface area contributed by atoms with Gasteiger partial charge in [0, 0.05) is 77.6 Å². The number of amides is 1. The fraction of sp³-hybridized carbons (Fsp3) is 0.366. The van der Waals surface area contributed by atoms with E-state index in [1.165, 1.54) is 16.7 Å². The number of nitrogens with one attached hydrogen (secondary N) is 2. The second-order valence-electron chi connectivity index (χ2n) is 14.2. The summed E-state index contributed by atoms with van der Waals surface area (Å²) in [5.41, 5.74) is 10.2. The second-order valence-corrected chi connectivity index (χ2v) is 14.9. The molecule has 4 aliphatic rings. The van der Waals surface area contributed by atoms with E-state index < -0.39 is 5.97 Å². The van der Waals surface area contributed by atoms with Crippen molar-refractivity contribution in [3.05, 3.63) is 93.0 Å². The summed E-state index contributed by atoms with van der Waals surface area (Å²) in [7, 11) is 3.40. The van der Waals surface area contributed by atoms with Crippen LogP contribution in [0.1, 0.15) is 60.0 Å². The van der Waals surface area contributed by atoms with E-state index >= 15 is 0 Å². The zero-order chi connectivity index (χ0) is 35.4. The van der Waals surface area contributed by atoms with Gasteiger partial charge >= 0.3 is 5.97 Å². The van der Waals surface area contributed by atoms with Crippen LogP contribution >= 0.6 is 23.2 Å². The van der Waals surface area contributed by atoms with Crippen molar-refractivity contribution in [1.29, 1.82) is 0 Å². The number of benzene rings is 4. The number of rotatable bonds is 10. The molecule has 4 aromatic rings. The van der Waals surface area contributed by atoms with Crippen LogP contribution in [0.4, 0.5) is 0 Å². The average molecular weight is 727 g/mol. The zero-order valence-corrected chi connectivity index (χ0v) is 30.2. The van der Waals surface area contributed by atoms with Crippen LogP contribution in [0.15, 0.2) is 60.7 Å². The van der Waals surface area contributed by atoms with Crippen molar-refractivity contribution >= 4 is 35.1 Å². The Morgan fingerprint density at radius 1 is 0.824 bits per heavy atom. The number of ether oxygens (including phenoxy) is 2. The SMILES string of the molecule is COc1cc(-c2cccc(-c3cccc(-c4cc5c(c(OC)c4)[C@H](NC[C@@H]4CCC(=O)N4)CC5)c3Cl)c2Cl)cc2c1C(N1CC(C(=O)O)C1)CC2. The number of aryl methyl sites for hydroxylation is 2. The third-order valence-electron chi connectivity index (χ3n) is 11.3. The molecule has 4 aromatic carbocycles. The molecule has 2 fully saturated rings. The van der Waals surface area contributed by atoms with Gasteiger partial charge < -0.3 is 25.2 Å². The summed E-state index contributed by atoms with van der Waals surface area (Å²) >= 11 is 14.5. The number of nitrogens with zero attached hydrogens (tertiary/aromatic N) is 1. The van der Waals surface area contributed by atoms with Gasteiger partial charge in [0.15, 0.2) is 0 Å². The molecule has 3 atom stereocenters. The number of carboxylic acids is 1. The Labute approximate surface area is 308 Å². The molecule has 2 heterocycles. The minimum absolute atomic E-state index is 0.127. The fourth-order valence-corrected chi connectivity index (χ4v) is 9.29. The number of halogens is 2. The van der Waals surface area contributed by atoms with Crippen LogP contribution < -0.4 is 20.1 Å². The molecule has 0 radical (unpaired) electrons. The summed E-state index contributed by atoms with van der Waals surface area (Å²) in [5.74, 6) is 0.733. The maximum Gasteiger partial charge on any atom is 0.309 e. The quantitative estimate of drug-likeness (QED) is 0.153. The van der Waals surface area contributed by atoms with Gasteiger partial charge in [0.1, 0.15) is 11.5 Å². The molecule has 1 amide bonds. The molecule has 264 valence electrons. The highest BCUT2D eigenvalue weighted by molar-refractivity contribution is 6.39. The van der Waals surface area contributed by atoms with E-state index in [0.29, 0.717) is 29.6 Å². The minimum Gasteiger partial charge on any atom is -0.496 e. The largest absolute Gasteiger partial charge is 0.496 e. The van der Waals surface area contributed by atoms with E-state index in [0.717, 1.165) is 89.1 Å². The highest BCUT2D eigenvalue weighted by atomic mass is 35.5. The summed E-state index contributed by atoms with van der Waals surface area (Å²) in [6.45, 7) is 1.87. The first-order valence-corrected chi connectivity index (χ1v) is 18.5. The molecule has 8 rings (SSSR count). The van der Waals surface area contributed by atoms with Crippen molar-refractivity contribution in [1.82, 2.24) is 15.5 Å². The molecular formula is C41H41Cl2N3O5. The molecule has 10 heteroatoms. The molecule has 0 bridgehead atoms. The van der Waals surface area contributed by atoms with Crippen LogP contribution in [0.25, 0.3) is 33.4 Å². The molecule has 2 aliphatic heterocycles. The van der Waals surface area contributed by atoms with E-state index in [9.17, 15) is 14.7 Å². The lowest BCUT2D eigenvalue weighted by Gasteiger charge is -2.41. The van der Waals surface area contributed by atoms with Crippen LogP contribution in [0.3, 0.4) is 0 Å². The topological polar surface area (TPSA) is 100 Å². The van der Waals surface area contributed by atoms with Crippen LogP contribution in [0, 0.1) is 5.92 Å². The van der Waals surface area contributed by atoms with E-state index in [2.05, 4.69) is 39.8 Å². The molecule has 1 unspecified atom stereocenters. The molecule has 0 saturated carbocycles. The number of carbonyl (C=O) groups excluding carboxylic acids is 1. The first-order chi connectivity index (χ1) is 24.7. The van der Waals surface area contributed by atoms with Gasteiger partial charge in [-0.25, -0.2) is 0 Å². The first kappa shape index (κ1) is 34.0. The Bertz CT molecular complexity index is 2040. The van der Waals surface area contributed by atoms with Crippen LogP contribution in [0.5, 0.6) is 11.5 Å².